The van der Waals surface area contributed by atoms with Gasteiger partial charge in [-0.25, -0.2) is 9.97 Å². The van der Waals surface area contributed by atoms with Crippen molar-refractivity contribution in [3.8, 4) is 0 Å². The number of thiophene rings is 1. The zero-order valence-corrected chi connectivity index (χ0v) is 18.6. The van der Waals surface area contributed by atoms with E-state index >= 15 is 0 Å². The molecular weight excluding hydrogens is 380 g/mol. The molecule has 1 saturated carbocycles. The van der Waals surface area contributed by atoms with Gasteiger partial charge >= 0.3 is 0 Å². The summed E-state index contributed by atoms with van der Waals surface area (Å²) in [6.07, 6.45) is 9.04. The van der Waals surface area contributed by atoms with Gasteiger partial charge in [-0.05, 0) is 50.0 Å². The summed E-state index contributed by atoms with van der Waals surface area (Å²) in [6.45, 7) is 8.02. The summed E-state index contributed by atoms with van der Waals surface area (Å²) in [5.74, 6) is 3.61. The van der Waals surface area contributed by atoms with E-state index < -0.39 is 0 Å². The molecule has 2 aromatic heterocycles. The van der Waals surface area contributed by atoms with Crippen molar-refractivity contribution in [3.05, 3.63) is 16.3 Å². The minimum absolute atomic E-state index is 0.318. The maximum absolute atomic E-state index is 12.5. The molecule has 2 fully saturated rings. The highest BCUT2D eigenvalue weighted by Gasteiger charge is 2.35. The normalized spacial score (nSPS) is 22.2. The van der Waals surface area contributed by atoms with E-state index in [1.54, 1.807) is 0 Å². The molecule has 156 valence electrons. The third kappa shape index (κ3) is 3.76. The van der Waals surface area contributed by atoms with E-state index in [4.69, 9.17) is 9.97 Å². The van der Waals surface area contributed by atoms with Crippen LogP contribution in [0.3, 0.4) is 0 Å². The molecule has 2 aliphatic carbocycles. The minimum atomic E-state index is 0.318. The Bertz CT molecular complexity index is 911. The van der Waals surface area contributed by atoms with Crippen LogP contribution in [0.25, 0.3) is 10.2 Å². The number of hydrogen-bond acceptors (Lipinski definition) is 5. The monoisotopic (exact) mass is 412 g/mol. The Morgan fingerprint density at radius 3 is 2.66 bits per heavy atom. The van der Waals surface area contributed by atoms with E-state index in [0.29, 0.717) is 11.8 Å². The standard InChI is InChI=1S/C23H32N4OS/c1-3-4-5-19-24-21(26-10-12-27(13-11-26)23(28)16-7-8-16)20-17-9-6-15(2)14-18(17)29-22(20)25-19/h15-16H,3-14H2,1-2H3/t15-/m0/s1. The molecule has 0 N–H and O–H groups in total. The van der Waals surface area contributed by atoms with Crippen molar-refractivity contribution in [1.82, 2.24) is 14.9 Å². The minimum Gasteiger partial charge on any atom is -0.352 e. The molecule has 5 nitrogen and oxygen atoms in total. The van der Waals surface area contributed by atoms with Crippen LogP contribution in [0.1, 0.15) is 62.2 Å². The van der Waals surface area contributed by atoms with Crippen LogP contribution in [0.4, 0.5) is 5.82 Å². The van der Waals surface area contributed by atoms with E-state index in [2.05, 4.69) is 23.6 Å². The molecule has 1 aliphatic heterocycles. The summed E-state index contributed by atoms with van der Waals surface area (Å²) in [6, 6.07) is 0. The molecule has 1 amide bonds. The Balaban J connectivity index is 1.47. The first-order valence-corrected chi connectivity index (χ1v) is 12.3. The third-order valence-electron chi connectivity index (χ3n) is 6.75. The molecule has 0 radical (unpaired) electrons. The van der Waals surface area contributed by atoms with E-state index in [9.17, 15) is 4.79 Å². The predicted molar refractivity (Wildman–Crippen MR) is 119 cm³/mol. The Morgan fingerprint density at radius 1 is 1.14 bits per heavy atom. The van der Waals surface area contributed by atoms with Crippen molar-refractivity contribution >= 4 is 33.3 Å². The second-order valence-corrected chi connectivity index (χ2v) is 10.3. The van der Waals surface area contributed by atoms with Crippen LogP contribution in [0.2, 0.25) is 0 Å². The Labute approximate surface area is 177 Å². The van der Waals surface area contributed by atoms with Crippen LogP contribution >= 0.6 is 11.3 Å². The SMILES string of the molecule is CCCCc1nc(N2CCN(C(=O)C3CC3)CC2)c2c3c(sc2n1)C[C@@H](C)CC3. The fraction of sp³-hybridized carbons (Fsp3) is 0.696. The van der Waals surface area contributed by atoms with Crippen LogP contribution in [-0.2, 0) is 24.1 Å². The van der Waals surface area contributed by atoms with Crippen LogP contribution in [0.15, 0.2) is 0 Å². The molecule has 29 heavy (non-hydrogen) atoms. The molecule has 2 aromatic rings. The average Bonchev–Trinajstić information content (AvgIpc) is 3.52. The first-order valence-electron chi connectivity index (χ1n) is 11.5. The number of fused-ring (bicyclic) bond motifs is 3. The van der Waals surface area contributed by atoms with Crippen LogP contribution < -0.4 is 4.90 Å². The summed E-state index contributed by atoms with van der Waals surface area (Å²) in [5.41, 5.74) is 1.51. The van der Waals surface area contributed by atoms with Gasteiger partial charge in [0, 0.05) is 43.4 Å². The maximum atomic E-state index is 12.5. The first-order chi connectivity index (χ1) is 14.1. The summed E-state index contributed by atoms with van der Waals surface area (Å²) in [5, 5.41) is 1.32. The third-order valence-corrected chi connectivity index (χ3v) is 7.90. The molecule has 0 aromatic carbocycles. The highest BCUT2D eigenvalue weighted by atomic mass is 32.1. The molecule has 1 saturated heterocycles. The number of carbonyl (C=O) groups excluding carboxylic acids is 1. The predicted octanol–water partition coefficient (Wildman–Crippen LogP) is 4.22. The summed E-state index contributed by atoms with van der Waals surface area (Å²) < 4.78 is 0. The topological polar surface area (TPSA) is 49.3 Å². The molecule has 5 rings (SSSR count). The second kappa shape index (κ2) is 7.86. The smallest absolute Gasteiger partial charge is 0.225 e. The van der Waals surface area contributed by atoms with Gasteiger partial charge < -0.3 is 9.80 Å². The molecule has 0 unspecified atom stereocenters. The Kier molecular flexibility index (Phi) is 5.23. The number of aromatic nitrogens is 2. The fourth-order valence-electron chi connectivity index (χ4n) is 4.77. The largest absolute Gasteiger partial charge is 0.352 e. The van der Waals surface area contributed by atoms with Gasteiger partial charge in [0.05, 0.1) is 5.39 Å². The van der Waals surface area contributed by atoms with Crippen molar-refractivity contribution in [2.24, 2.45) is 11.8 Å². The molecule has 6 heteroatoms. The van der Waals surface area contributed by atoms with E-state index in [0.717, 1.165) is 82.3 Å². The number of piperazine rings is 1. The van der Waals surface area contributed by atoms with Gasteiger partial charge in [-0.1, -0.05) is 20.3 Å². The van der Waals surface area contributed by atoms with Crippen molar-refractivity contribution < 1.29 is 4.79 Å². The highest BCUT2D eigenvalue weighted by Crippen LogP contribution is 2.41. The number of rotatable bonds is 5. The quantitative estimate of drug-likeness (QED) is 0.738. The molecule has 1 atom stereocenters. The van der Waals surface area contributed by atoms with Crippen molar-refractivity contribution in [1.29, 1.82) is 0 Å². The van der Waals surface area contributed by atoms with Crippen LogP contribution in [-0.4, -0.2) is 47.0 Å². The molecule has 3 heterocycles. The van der Waals surface area contributed by atoms with Gasteiger partial charge in [0.1, 0.15) is 16.5 Å². The number of nitrogens with zero attached hydrogens (tertiary/aromatic N) is 4. The van der Waals surface area contributed by atoms with Crippen molar-refractivity contribution in [3.63, 3.8) is 0 Å². The number of hydrogen-bond donors (Lipinski definition) is 0. The average molecular weight is 413 g/mol. The van der Waals surface area contributed by atoms with Crippen LogP contribution in [0, 0.1) is 11.8 Å². The zero-order chi connectivity index (χ0) is 20.0. The molecule has 0 bridgehead atoms. The Hall–Kier alpha value is -1.69. The van der Waals surface area contributed by atoms with Gasteiger partial charge in [0.2, 0.25) is 5.91 Å². The number of amides is 1. The lowest BCUT2D eigenvalue weighted by atomic mass is 9.89. The van der Waals surface area contributed by atoms with Gasteiger partial charge in [-0.2, -0.15) is 0 Å². The van der Waals surface area contributed by atoms with E-state index in [1.807, 2.05) is 11.3 Å². The summed E-state index contributed by atoms with van der Waals surface area (Å²) >= 11 is 1.90. The van der Waals surface area contributed by atoms with E-state index in [1.165, 1.54) is 33.5 Å². The molecular formula is C23H32N4OS. The number of unbranched alkanes of at least 4 members (excludes halogenated alkanes) is 1. The lowest BCUT2D eigenvalue weighted by Gasteiger charge is -2.36. The van der Waals surface area contributed by atoms with Gasteiger partial charge in [0.15, 0.2) is 0 Å². The summed E-state index contributed by atoms with van der Waals surface area (Å²) in [4.78, 5) is 29.8. The zero-order valence-electron chi connectivity index (χ0n) is 17.7. The van der Waals surface area contributed by atoms with Gasteiger partial charge in [-0.3, -0.25) is 4.79 Å². The number of anilines is 1. The maximum Gasteiger partial charge on any atom is 0.225 e. The van der Waals surface area contributed by atoms with Crippen LogP contribution in [0.5, 0.6) is 0 Å². The van der Waals surface area contributed by atoms with Crippen molar-refractivity contribution in [2.45, 2.75) is 65.2 Å². The summed E-state index contributed by atoms with van der Waals surface area (Å²) in [7, 11) is 0. The molecule has 3 aliphatic rings. The van der Waals surface area contributed by atoms with Gasteiger partial charge in [-0.15, -0.1) is 11.3 Å². The van der Waals surface area contributed by atoms with E-state index in [-0.39, 0.29) is 0 Å². The molecule has 0 spiro atoms. The fourth-order valence-corrected chi connectivity index (χ4v) is 6.16. The van der Waals surface area contributed by atoms with Gasteiger partial charge in [0.25, 0.3) is 0 Å². The Morgan fingerprint density at radius 2 is 1.93 bits per heavy atom. The highest BCUT2D eigenvalue weighted by molar-refractivity contribution is 7.19. The second-order valence-electron chi connectivity index (χ2n) is 9.19. The lowest BCUT2D eigenvalue weighted by molar-refractivity contribution is -0.132. The number of carbonyl (C=O) groups is 1. The number of aryl methyl sites for hydroxylation is 2. The van der Waals surface area contributed by atoms with Crippen molar-refractivity contribution in [2.75, 3.05) is 31.1 Å². The first kappa shape index (κ1) is 19.3. The lowest BCUT2D eigenvalue weighted by Crippen LogP contribution is -2.49.